The Morgan fingerprint density at radius 1 is 1.08 bits per heavy atom. The van der Waals surface area contributed by atoms with Crippen molar-refractivity contribution in [1.82, 2.24) is 19.9 Å². The highest BCUT2D eigenvalue weighted by Gasteiger charge is 2.24. The van der Waals surface area contributed by atoms with Gasteiger partial charge in [-0.25, -0.2) is 23.7 Å². The van der Waals surface area contributed by atoms with Crippen LogP contribution in [0.25, 0.3) is 11.0 Å². The normalized spacial score (nSPS) is 13.1. The second-order valence-electron chi connectivity index (χ2n) is 12.4. The number of fused-ring (bicyclic) bond motifs is 2. The number of rotatable bonds is 8. The van der Waals surface area contributed by atoms with Crippen molar-refractivity contribution in [3.05, 3.63) is 85.0 Å². The van der Waals surface area contributed by atoms with E-state index in [0.29, 0.717) is 40.7 Å². The number of benzene rings is 1. The number of unbranched alkanes of at least 4 members (excludes halogenated alkanes) is 1. The molecule has 0 saturated carbocycles. The van der Waals surface area contributed by atoms with E-state index >= 15 is 4.39 Å². The molecule has 0 amide bonds. The van der Waals surface area contributed by atoms with Crippen LogP contribution in [0, 0.1) is 30.4 Å². The summed E-state index contributed by atoms with van der Waals surface area (Å²) in [5.74, 6) is 2.32. The van der Waals surface area contributed by atoms with Gasteiger partial charge in [-0.3, -0.25) is 4.98 Å². The molecule has 0 radical (unpaired) electrons. The summed E-state index contributed by atoms with van der Waals surface area (Å²) >= 11 is 0. The third-order valence-electron chi connectivity index (χ3n) is 6.59. The lowest BCUT2D eigenvalue weighted by atomic mass is 10.2. The molecule has 1 atom stereocenters. The number of aromatic nitrogens is 4. The second kappa shape index (κ2) is 24.5. The van der Waals surface area contributed by atoms with Gasteiger partial charge in [-0.15, -0.1) is 6.58 Å². The smallest absolute Gasteiger partial charge is 0.172 e. The van der Waals surface area contributed by atoms with E-state index in [-0.39, 0.29) is 17.2 Å². The van der Waals surface area contributed by atoms with Crippen LogP contribution in [-0.2, 0) is 0 Å². The van der Waals surface area contributed by atoms with E-state index in [1.54, 1.807) is 19.1 Å². The average molecular weight is 707 g/mol. The van der Waals surface area contributed by atoms with Crippen molar-refractivity contribution in [2.75, 3.05) is 29.9 Å². The van der Waals surface area contributed by atoms with E-state index in [0.717, 1.165) is 50.3 Å². The maximum absolute atomic E-state index is 15.1. The van der Waals surface area contributed by atoms with E-state index < -0.39 is 11.6 Å². The number of pyridine rings is 2. The summed E-state index contributed by atoms with van der Waals surface area (Å²) in [6, 6.07) is 5.90. The van der Waals surface area contributed by atoms with E-state index in [2.05, 4.69) is 85.4 Å². The van der Waals surface area contributed by atoms with Gasteiger partial charge in [0.2, 0.25) is 0 Å². The van der Waals surface area contributed by atoms with Gasteiger partial charge in [0, 0.05) is 37.2 Å². The Balaban J connectivity index is 0.000000801. The Labute approximate surface area is 305 Å². The molecule has 1 N–H and O–H groups in total. The molecule has 3 aromatic heterocycles. The zero-order valence-corrected chi connectivity index (χ0v) is 32.7. The SMILES string of the molecule is C/C=C/CC.C=CC.CC.CC(C)C.CCCCN1CC(C)COc2cc3ncnc(Nc4cc(C)c(Oc5cncc(F)c5)cc4F)c3nc21. The van der Waals surface area contributed by atoms with Gasteiger partial charge >= 0.3 is 0 Å². The first-order chi connectivity index (χ1) is 24.5. The summed E-state index contributed by atoms with van der Waals surface area (Å²) in [7, 11) is 0. The van der Waals surface area contributed by atoms with Gasteiger partial charge in [-0.1, -0.05) is 80.0 Å². The van der Waals surface area contributed by atoms with Crippen molar-refractivity contribution >= 4 is 28.4 Å². The molecule has 0 aliphatic carbocycles. The highest BCUT2D eigenvalue weighted by atomic mass is 19.1. The molecule has 10 heteroatoms. The number of nitrogens with zero attached hydrogens (tertiary/aromatic N) is 5. The number of anilines is 3. The van der Waals surface area contributed by atoms with Crippen molar-refractivity contribution in [3.8, 4) is 17.2 Å². The summed E-state index contributed by atoms with van der Waals surface area (Å²) in [5.41, 5.74) is 1.95. The molecule has 51 heavy (non-hydrogen) atoms. The molecule has 4 aromatic rings. The van der Waals surface area contributed by atoms with E-state index in [1.807, 2.05) is 33.8 Å². The number of aryl methyl sites for hydroxylation is 1. The first-order valence-corrected chi connectivity index (χ1v) is 18.0. The summed E-state index contributed by atoms with van der Waals surface area (Å²) in [4.78, 5) is 19.6. The van der Waals surface area contributed by atoms with Crippen LogP contribution in [0.3, 0.4) is 0 Å². The van der Waals surface area contributed by atoms with Crippen LogP contribution in [0.1, 0.15) is 94.1 Å². The predicted octanol–water partition coefficient (Wildman–Crippen LogP) is 12.0. The van der Waals surface area contributed by atoms with Gasteiger partial charge in [0.15, 0.2) is 17.4 Å². The number of allylic oxidation sites excluding steroid dienone is 3. The highest BCUT2D eigenvalue weighted by molar-refractivity contribution is 5.90. The third-order valence-corrected chi connectivity index (χ3v) is 6.59. The van der Waals surface area contributed by atoms with Crippen LogP contribution >= 0.6 is 0 Å². The molecule has 4 heterocycles. The lowest BCUT2D eigenvalue weighted by Crippen LogP contribution is -2.30. The summed E-state index contributed by atoms with van der Waals surface area (Å²) < 4.78 is 40.3. The predicted molar refractivity (Wildman–Crippen MR) is 211 cm³/mol. The monoisotopic (exact) mass is 706 g/mol. The fraction of sp³-hybridized carbons (Fsp3) is 0.463. The summed E-state index contributed by atoms with van der Waals surface area (Å²) in [5, 5.41) is 3.07. The minimum absolute atomic E-state index is 0.180. The second-order valence-corrected chi connectivity index (χ2v) is 12.4. The maximum Gasteiger partial charge on any atom is 0.172 e. The van der Waals surface area contributed by atoms with Crippen LogP contribution in [0.5, 0.6) is 17.2 Å². The van der Waals surface area contributed by atoms with E-state index in [9.17, 15) is 4.39 Å². The molecular formula is C41H60F2N6O2. The quantitative estimate of drug-likeness (QED) is 0.181. The van der Waals surface area contributed by atoms with E-state index in [1.165, 1.54) is 24.7 Å². The largest absolute Gasteiger partial charge is 0.489 e. The maximum atomic E-state index is 15.1. The molecule has 280 valence electrons. The van der Waals surface area contributed by atoms with Crippen molar-refractivity contribution in [2.24, 2.45) is 11.8 Å². The van der Waals surface area contributed by atoms with Crippen molar-refractivity contribution in [2.45, 2.75) is 95.4 Å². The molecule has 0 spiro atoms. The Morgan fingerprint density at radius 3 is 2.35 bits per heavy atom. The van der Waals surface area contributed by atoms with Gasteiger partial charge in [-0.2, -0.15) is 0 Å². The number of hydrogen-bond donors (Lipinski definition) is 1. The van der Waals surface area contributed by atoms with Gasteiger partial charge in [0.1, 0.15) is 35.0 Å². The number of hydrogen-bond acceptors (Lipinski definition) is 8. The molecule has 5 rings (SSSR count). The number of ether oxygens (including phenoxy) is 2. The Kier molecular flexibility index (Phi) is 21.4. The Morgan fingerprint density at radius 2 is 1.76 bits per heavy atom. The lowest BCUT2D eigenvalue weighted by Gasteiger charge is -2.24. The van der Waals surface area contributed by atoms with Crippen LogP contribution in [-0.4, -0.2) is 39.6 Å². The topological polar surface area (TPSA) is 85.3 Å². The first-order valence-electron chi connectivity index (χ1n) is 18.0. The van der Waals surface area contributed by atoms with Crippen molar-refractivity contribution in [3.63, 3.8) is 0 Å². The minimum Gasteiger partial charge on any atom is -0.489 e. The third kappa shape index (κ3) is 15.4. The van der Waals surface area contributed by atoms with E-state index in [4.69, 9.17) is 14.5 Å². The highest BCUT2D eigenvalue weighted by Crippen LogP contribution is 2.36. The minimum atomic E-state index is -0.562. The molecule has 1 aliphatic heterocycles. The average Bonchev–Trinajstić information content (AvgIpc) is 3.24. The molecule has 8 nitrogen and oxygen atoms in total. The number of nitrogens with one attached hydrogen (secondary N) is 1. The summed E-state index contributed by atoms with van der Waals surface area (Å²) in [6.07, 6.45) is 13.0. The Hall–Kier alpha value is -4.60. The van der Waals surface area contributed by atoms with Crippen LogP contribution in [0.2, 0.25) is 0 Å². The van der Waals surface area contributed by atoms with Gasteiger partial charge in [-0.05, 0) is 51.2 Å². The summed E-state index contributed by atoms with van der Waals surface area (Å²) in [6.45, 7) is 28.3. The van der Waals surface area contributed by atoms with Crippen LogP contribution in [0.4, 0.5) is 26.1 Å². The van der Waals surface area contributed by atoms with Gasteiger partial charge in [0.25, 0.3) is 0 Å². The van der Waals surface area contributed by atoms with Crippen LogP contribution in [0.15, 0.2) is 67.8 Å². The van der Waals surface area contributed by atoms with Crippen molar-refractivity contribution < 1.29 is 18.3 Å². The first kappa shape index (κ1) is 44.4. The molecule has 1 aliphatic rings. The fourth-order valence-electron chi connectivity index (χ4n) is 4.48. The zero-order valence-electron chi connectivity index (χ0n) is 32.7. The molecule has 0 bridgehead atoms. The molecule has 1 aromatic carbocycles. The molecule has 0 saturated heterocycles. The van der Waals surface area contributed by atoms with Crippen LogP contribution < -0.4 is 19.7 Å². The Bertz CT molecular complexity index is 1630. The molecule has 0 fully saturated rings. The van der Waals surface area contributed by atoms with Gasteiger partial charge < -0.3 is 19.7 Å². The number of halogens is 2. The molecule has 1 unspecified atom stereocenters. The van der Waals surface area contributed by atoms with Crippen molar-refractivity contribution in [1.29, 1.82) is 0 Å². The zero-order chi connectivity index (χ0) is 38.3. The lowest BCUT2D eigenvalue weighted by molar-refractivity contribution is 0.273. The molecular weight excluding hydrogens is 646 g/mol. The fourth-order valence-corrected chi connectivity index (χ4v) is 4.48. The van der Waals surface area contributed by atoms with Gasteiger partial charge in [0.05, 0.1) is 30.2 Å². The standard InChI is InChI=1S/C27H28F2N6O2.C5H10.C4H10.C3H6.C2H6/c1-4-5-6-35-13-16(2)14-36-24-10-22-25(34-27(24)35)26(32-15-31-22)33-21-7-17(3)23(9-20(21)29)37-19-8-18(28)11-30-12-19;1-3-5-4-2;1-4(2)3;1-3-2;1-2/h7-12,15-16H,4-6,13-14H2,1-3H3,(H,31,32,33);3,5H,4H2,1-2H3;4H,1-3H3;3H,1H2,2H3;1-2H3/b;5-3+;;;.